The number of benzene rings is 2. The summed E-state index contributed by atoms with van der Waals surface area (Å²) in [5, 5.41) is 3.90. The van der Waals surface area contributed by atoms with Crippen LogP contribution in [0, 0.1) is 0 Å². The van der Waals surface area contributed by atoms with Crippen molar-refractivity contribution in [3.05, 3.63) is 64.8 Å². The van der Waals surface area contributed by atoms with E-state index in [4.69, 9.17) is 9.15 Å². The molecule has 4 nitrogen and oxygen atoms in total. The van der Waals surface area contributed by atoms with Crippen LogP contribution in [0.4, 0.5) is 0 Å². The number of halogens is 1. The lowest BCUT2D eigenvalue weighted by Gasteiger charge is -2.12. The number of amides is 1. The zero-order valence-corrected chi connectivity index (χ0v) is 14.2. The van der Waals surface area contributed by atoms with E-state index in [1.54, 1.807) is 6.07 Å². The first-order chi connectivity index (χ1) is 11.1. The average Bonchev–Trinajstić information content (AvgIpc) is 2.98. The van der Waals surface area contributed by atoms with E-state index in [1.807, 2.05) is 55.5 Å². The van der Waals surface area contributed by atoms with E-state index < -0.39 is 0 Å². The topological polar surface area (TPSA) is 51.5 Å². The molecule has 0 unspecified atom stereocenters. The predicted molar refractivity (Wildman–Crippen MR) is 92.4 cm³/mol. The summed E-state index contributed by atoms with van der Waals surface area (Å²) in [6, 6.07) is 16.9. The van der Waals surface area contributed by atoms with Crippen molar-refractivity contribution in [2.45, 2.75) is 13.0 Å². The van der Waals surface area contributed by atoms with Crippen molar-refractivity contribution >= 4 is 32.8 Å². The van der Waals surface area contributed by atoms with Gasteiger partial charge in [-0.2, -0.15) is 0 Å². The number of fused-ring (bicyclic) bond motifs is 1. The van der Waals surface area contributed by atoms with Crippen molar-refractivity contribution in [2.24, 2.45) is 0 Å². The van der Waals surface area contributed by atoms with E-state index in [2.05, 4.69) is 21.2 Å². The molecule has 1 heterocycles. The third-order valence-corrected chi connectivity index (χ3v) is 4.10. The van der Waals surface area contributed by atoms with Gasteiger partial charge in [0.2, 0.25) is 0 Å². The highest BCUT2D eigenvalue weighted by Crippen LogP contribution is 2.25. The minimum Gasteiger partial charge on any atom is -0.483 e. The molecule has 5 heteroatoms. The van der Waals surface area contributed by atoms with Crippen LogP contribution in [0.25, 0.3) is 11.0 Å². The molecule has 0 aliphatic carbocycles. The summed E-state index contributed by atoms with van der Waals surface area (Å²) in [6.45, 7) is 1.83. The Morgan fingerprint density at radius 2 is 1.96 bits per heavy atom. The Bertz CT molecular complexity index is 795. The molecular weight excluding hydrogens is 358 g/mol. The second-order valence-corrected chi connectivity index (χ2v) is 6.05. The number of ether oxygens (including phenoxy) is 1. The second-order valence-electron chi connectivity index (χ2n) is 5.19. The fourth-order valence-electron chi connectivity index (χ4n) is 2.28. The Morgan fingerprint density at radius 1 is 1.22 bits per heavy atom. The number of nitrogens with one attached hydrogen (secondary N) is 1. The monoisotopic (exact) mass is 373 g/mol. The Kier molecular flexibility index (Phi) is 4.67. The van der Waals surface area contributed by atoms with E-state index in [0.717, 1.165) is 21.2 Å². The van der Waals surface area contributed by atoms with Gasteiger partial charge in [0.15, 0.2) is 6.61 Å². The first kappa shape index (κ1) is 15.6. The van der Waals surface area contributed by atoms with Crippen LogP contribution in [0.2, 0.25) is 0 Å². The summed E-state index contributed by atoms with van der Waals surface area (Å²) >= 11 is 3.38. The standard InChI is InChI=1S/C18H16BrNO3/c1-12(17-10-13-6-2-4-8-15(13)23-17)20-18(21)11-22-16-9-5-3-7-14(16)19/h2-10,12H,11H2,1H3,(H,20,21)/t12-/m0/s1. The highest BCUT2D eigenvalue weighted by molar-refractivity contribution is 9.10. The van der Waals surface area contributed by atoms with Crippen LogP contribution in [-0.2, 0) is 4.79 Å². The van der Waals surface area contributed by atoms with Crippen LogP contribution >= 0.6 is 15.9 Å². The molecule has 23 heavy (non-hydrogen) atoms. The molecule has 1 atom stereocenters. The molecule has 0 bridgehead atoms. The maximum absolute atomic E-state index is 12.0. The number of hydrogen-bond donors (Lipinski definition) is 1. The van der Waals surface area contributed by atoms with E-state index >= 15 is 0 Å². The van der Waals surface area contributed by atoms with Crippen molar-refractivity contribution < 1.29 is 13.9 Å². The first-order valence-corrected chi connectivity index (χ1v) is 8.08. The highest BCUT2D eigenvalue weighted by Gasteiger charge is 2.14. The van der Waals surface area contributed by atoms with Gasteiger partial charge in [-0.05, 0) is 47.1 Å². The Balaban J connectivity index is 1.60. The zero-order valence-electron chi connectivity index (χ0n) is 12.6. The van der Waals surface area contributed by atoms with Gasteiger partial charge in [0.25, 0.3) is 5.91 Å². The maximum atomic E-state index is 12.0. The van der Waals surface area contributed by atoms with Gasteiger partial charge in [-0.25, -0.2) is 0 Å². The summed E-state index contributed by atoms with van der Waals surface area (Å²) in [6.07, 6.45) is 0. The smallest absolute Gasteiger partial charge is 0.258 e. The molecule has 1 N–H and O–H groups in total. The molecule has 0 radical (unpaired) electrons. The van der Waals surface area contributed by atoms with E-state index in [0.29, 0.717) is 5.75 Å². The molecule has 1 amide bonds. The molecule has 0 saturated carbocycles. The van der Waals surface area contributed by atoms with Gasteiger partial charge in [-0.3, -0.25) is 4.79 Å². The zero-order chi connectivity index (χ0) is 16.2. The van der Waals surface area contributed by atoms with Gasteiger partial charge >= 0.3 is 0 Å². The Hall–Kier alpha value is -2.27. The molecule has 0 aliphatic rings. The minimum atomic E-state index is -0.224. The maximum Gasteiger partial charge on any atom is 0.258 e. The van der Waals surface area contributed by atoms with Gasteiger partial charge in [0.05, 0.1) is 10.5 Å². The van der Waals surface area contributed by atoms with E-state index in [-0.39, 0.29) is 18.6 Å². The third kappa shape index (κ3) is 3.74. The predicted octanol–water partition coefficient (Wildman–Crippen LogP) is 4.45. The van der Waals surface area contributed by atoms with Crippen LogP contribution in [0.15, 0.2) is 63.5 Å². The van der Waals surface area contributed by atoms with Crippen LogP contribution in [0.3, 0.4) is 0 Å². The molecule has 3 aromatic rings. The molecule has 118 valence electrons. The molecule has 0 fully saturated rings. The first-order valence-electron chi connectivity index (χ1n) is 7.28. The largest absolute Gasteiger partial charge is 0.483 e. The molecule has 0 spiro atoms. The van der Waals surface area contributed by atoms with Gasteiger partial charge in [0, 0.05) is 5.39 Å². The van der Waals surface area contributed by atoms with Crippen molar-refractivity contribution in [1.82, 2.24) is 5.32 Å². The van der Waals surface area contributed by atoms with Gasteiger partial charge in [0.1, 0.15) is 17.1 Å². The van der Waals surface area contributed by atoms with Gasteiger partial charge in [-0.15, -0.1) is 0 Å². The number of carbonyl (C=O) groups excluding carboxylic acids is 1. The number of rotatable bonds is 5. The lowest BCUT2D eigenvalue weighted by atomic mass is 10.2. The van der Waals surface area contributed by atoms with Gasteiger partial charge in [-0.1, -0.05) is 30.3 Å². The van der Waals surface area contributed by atoms with Gasteiger partial charge < -0.3 is 14.5 Å². The third-order valence-electron chi connectivity index (χ3n) is 3.44. The van der Waals surface area contributed by atoms with E-state index in [1.165, 1.54) is 0 Å². The molecule has 2 aromatic carbocycles. The highest BCUT2D eigenvalue weighted by atomic mass is 79.9. The average molecular weight is 374 g/mol. The fourth-order valence-corrected chi connectivity index (χ4v) is 2.67. The Morgan fingerprint density at radius 3 is 2.74 bits per heavy atom. The quantitative estimate of drug-likeness (QED) is 0.718. The SMILES string of the molecule is C[C@H](NC(=O)COc1ccccc1Br)c1cc2ccccc2o1. The number of para-hydroxylation sites is 2. The summed E-state index contributed by atoms with van der Waals surface area (Å²) in [5.41, 5.74) is 0.813. The van der Waals surface area contributed by atoms with Crippen molar-refractivity contribution in [2.75, 3.05) is 6.61 Å². The summed E-state index contributed by atoms with van der Waals surface area (Å²) in [7, 11) is 0. The van der Waals surface area contributed by atoms with Crippen molar-refractivity contribution in [3.8, 4) is 5.75 Å². The molecular formula is C18H16BrNO3. The molecule has 3 rings (SSSR count). The number of hydrogen-bond acceptors (Lipinski definition) is 3. The van der Waals surface area contributed by atoms with Crippen LogP contribution in [-0.4, -0.2) is 12.5 Å². The molecule has 0 aliphatic heterocycles. The summed E-state index contributed by atoms with van der Waals surface area (Å²) in [5.74, 6) is 1.16. The Labute approximate surface area is 142 Å². The molecule has 1 aromatic heterocycles. The molecule has 0 saturated heterocycles. The number of furan rings is 1. The van der Waals surface area contributed by atoms with Crippen molar-refractivity contribution in [1.29, 1.82) is 0 Å². The number of carbonyl (C=O) groups is 1. The van der Waals surface area contributed by atoms with Crippen LogP contribution < -0.4 is 10.1 Å². The normalized spacial score (nSPS) is 12.1. The van der Waals surface area contributed by atoms with Crippen LogP contribution in [0.1, 0.15) is 18.7 Å². The second kappa shape index (κ2) is 6.87. The lowest BCUT2D eigenvalue weighted by Crippen LogP contribution is -2.31. The van der Waals surface area contributed by atoms with Crippen LogP contribution in [0.5, 0.6) is 5.75 Å². The van der Waals surface area contributed by atoms with E-state index in [9.17, 15) is 4.79 Å². The van der Waals surface area contributed by atoms with Crippen molar-refractivity contribution in [3.63, 3.8) is 0 Å². The summed E-state index contributed by atoms with van der Waals surface area (Å²) in [4.78, 5) is 12.0. The minimum absolute atomic E-state index is 0.0484. The fraction of sp³-hybridized carbons (Fsp3) is 0.167. The lowest BCUT2D eigenvalue weighted by molar-refractivity contribution is -0.123. The summed E-state index contributed by atoms with van der Waals surface area (Å²) < 4.78 is 12.1.